The van der Waals surface area contributed by atoms with Crippen LogP contribution in [-0.2, 0) is 25.5 Å². The highest BCUT2D eigenvalue weighted by Gasteiger charge is 2.22. The highest BCUT2D eigenvalue weighted by atomic mass is 16.5. The van der Waals surface area contributed by atoms with Crippen LogP contribution in [0.25, 0.3) is 6.08 Å². The van der Waals surface area contributed by atoms with E-state index in [0.717, 1.165) is 16.9 Å². The molecule has 2 aromatic carbocycles. The first-order chi connectivity index (χ1) is 15.8. The smallest absolute Gasteiger partial charge is 0.329 e. The summed E-state index contributed by atoms with van der Waals surface area (Å²) in [5, 5.41) is 5.26. The molecule has 0 bridgehead atoms. The molecule has 0 fully saturated rings. The molecule has 176 valence electrons. The quantitative estimate of drug-likeness (QED) is 0.400. The Kier molecular flexibility index (Phi) is 9.95. The van der Waals surface area contributed by atoms with Gasteiger partial charge in [0.25, 0.3) is 5.91 Å². The second-order valence-corrected chi connectivity index (χ2v) is 7.30. The predicted octanol–water partition coefficient (Wildman–Crippen LogP) is 2.51. The van der Waals surface area contributed by atoms with Gasteiger partial charge in [0.2, 0.25) is 5.91 Å². The summed E-state index contributed by atoms with van der Waals surface area (Å²) in [4.78, 5) is 36.5. The lowest BCUT2D eigenvalue weighted by Crippen LogP contribution is -2.43. The van der Waals surface area contributed by atoms with E-state index in [1.807, 2.05) is 24.3 Å². The Balaban J connectivity index is 1.73. The van der Waals surface area contributed by atoms with Crippen LogP contribution in [0.5, 0.6) is 11.5 Å². The summed E-state index contributed by atoms with van der Waals surface area (Å²) < 4.78 is 15.4. The first-order valence-corrected chi connectivity index (χ1v) is 10.6. The van der Waals surface area contributed by atoms with Crippen LogP contribution in [-0.4, -0.2) is 50.7 Å². The van der Waals surface area contributed by atoms with Crippen molar-refractivity contribution in [2.45, 2.75) is 32.4 Å². The Labute approximate surface area is 193 Å². The van der Waals surface area contributed by atoms with E-state index in [2.05, 4.69) is 10.6 Å². The summed E-state index contributed by atoms with van der Waals surface area (Å²) in [5.41, 5.74) is 1.85. The van der Waals surface area contributed by atoms with Gasteiger partial charge in [-0.2, -0.15) is 0 Å². The summed E-state index contributed by atoms with van der Waals surface area (Å²) in [6.45, 7) is 3.38. The molecule has 2 rings (SSSR count). The number of methoxy groups -OCH3 is 2. The number of amides is 2. The standard InChI is InChI=1S/C25H30N2O6/c1-17(27-23(28)14-9-19-5-10-21(31-3)11-6-19)25(30)33-18(2)24(29)26-16-15-20-7-12-22(32-4)13-8-20/h5-14,17-18H,15-16H2,1-4H3,(H,26,29)(H,27,28)/b14-9+/t17-,18?/m0/s1. The van der Waals surface area contributed by atoms with E-state index in [1.165, 1.54) is 19.9 Å². The van der Waals surface area contributed by atoms with Gasteiger partial charge in [0.05, 0.1) is 14.2 Å². The minimum atomic E-state index is -0.984. The van der Waals surface area contributed by atoms with Crippen LogP contribution in [0.1, 0.15) is 25.0 Å². The van der Waals surface area contributed by atoms with Crippen molar-refractivity contribution in [3.05, 3.63) is 65.7 Å². The van der Waals surface area contributed by atoms with Gasteiger partial charge in [-0.3, -0.25) is 9.59 Å². The summed E-state index contributed by atoms with van der Waals surface area (Å²) in [5.74, 6) is -0.0757. The maximum absolute atomic E-state index is 12.2. The van der Waals surface area contributed by atoms with Crippen molar-refractivity contribution in [1.29, 1.82) is 0 Å². The van der Waals surface area contributed by atoms with Gasteiger partial charge in [0.1, 0.15) is 17.5 Å². The number of carbonyl (C=O) groups excluding carboxylic acids is 3. The van der Waals surface area contributed by atoms with Crippen molar-refractivity contribution in [1.82, 2.24) is 10.6 Å². The Morgan fingerprint density at radius 3 is 2.06 bits per heavy atom. The van der Waals surface area contributed by atoms with Gasteiger partial charge in [-0.15, -0.1) is 0 Å². The SMILES string of the molecule is COc1ccc(/C=C/C(=O)N[C@@H](C)C(=O)OC(C)C(=O)NCCc2ccc(OC)cc2)cc1. The van der Waals surface area contributed by atoms with E-state index < -0.39 is 29.9 Å². The average Bonchev–Trinajstić information content (AvgIpc) is 2.83. The molecule has 0 heterocycles. The molecule has 1 unspecified atom stereocenters. The topological polar surface area (TPSA) is 103 Å². The van der Waals surface area contributed by atoms with Gasteiger partial charge in [-0.05, 0) is 61.7 Å². The molecule has 2 N–H and O–H groups in total. The van der Waals surface area contributed by atoms with E-state index in [1.54, 1.807) is 44.6 Å². The lowest BCUT2D eigenvalue weighted by molar-refractivity contribution is -0.157. The van der Waals surface area contributed by atoms with E-state index >= 15 is 0 Å². The largest absolute Gasteiger partial charge is 0.497 e. The second-order valence-electron chi connectivity index (χ2n) is 7.30. The average molecular weight is 455 g/mol. The number of rotatable bonds is 11. The fraction of sp³-hybridized carbons (Fsp3) is 0.320. The molecule has 2 atom stereocenters. The molecule has 2 amide bonds. The van der Waals surface area contributed by atoms with E-state index in [-0.39, 0.29) is 0 Å². The summed E-state index contributed by atoms with van der Waals surface area (Å²) in [6.07, 6.45) is 2.58. The molecule has 0 radical (unpaired) electrons. The number of esters is 1. The Bertz CT molecular complexity index is 954. The third kappa shape index (κ3) is 8.68. The van der Waals surface area contributed by atoms with Crippen LogP contribution in [0.4, 0.5) is 0 Å². The van der Waals surface area contributed by atoms with E-state index in [9.17, 15) is 14.4 Å². The zero-order valence-corrected chi connectivity index (χ0v) is 19.3. The Morgan fingerprint density at radius 2 is 1.48 bits per heavy atom. The molecular weight excluding hydrogens is 424 g/mol. The zero-order chi connectivity index (χ0) is 24.2. The molecule has 0 saturated carbocycles. The van der Waals surface area contributed by atoms with Gasteiger partial charge in [0.15, 0.2) is 6.10 Å². The number of nitrogens with one attached hydrogen (secondary N) is 2. The van der Waals surface area contributed by atoms with Crippen molar-refractivity contribution in [3.8, 4) is 11.5 Å². The summed E-state index contributed by atoms with van der Waals surface area (Å²) >= 11 is 0. The molecule has 0 aromatic heterocycles. The van der Waals surface area contributed by atoms with Gasteiger partial charge >= 0.3 is 5.97 Å². The van der Waals surface area contributed by atoms with Crippen molar-refractivity contribution in [3.63, 3.8) is 0 Å². The third-order valence-electron chi connectivity index (χ3n) is 4.79. The molecule has 2 aromatic rings. The maximum atomic E-state index is 12.2. The molecule has 8 nitrogen and oxygen atoms in total. The monoisotopic (exact) mass is 454 g/mol. The predicted molar refractivity (Wildman–Crippen MR) is 125 cm³/mol. The molecule has 8 heteroatoms. The number of hydrogen-bond acceptors (Lipinski definition) is 6. The zero-order valence-electron chi connectivity index (χ0n) is 19.3. The van der Waals surface area contributed by atoms with Gasteiger partial charge in [-0.1, -0.05) is 24.3 Å². The second kappa shape index (κ2) is 12.9. The van der Waals surface area contributed by atoms with Crippen LogP contribution in [0, 0.1) is 0 Å². The number of carbonyl (C=O) groups is 3. The summed E-state index contributed by atoms with van der Waals surface area (Å²) in [7, 11) is 3.18. The molecule has 0 saturated heterocycles. The lowest BCUT2D eigenvalue weighted by Gasteiger charge is -2.17. The number of ether oxygens (including phenoxy) is 3. The van der Waals surface area contributed by atoms with Crippen LogP contribution in [0.15, 0.2) is 54.6 Å². The first kappa shape index (κ1) is 25.5. The lowest BCUT2D eigenvalue weighted by atomic mass is 10.1. The van der Waals surface area contributed by atoms with Crippen molar-refractivity contribution >= 4 is 23.9 Å². The fourth-order valence-corrected chi connectivity index (χ4v) is 2.80. The number of hydrogen-bond donors (Lipinski definition) is 2. The van der Waals surface area contributed by atoms with Crippen molar-refractivity contribution in [2.24, 2.45) is 0 Å². The van der Waals surface area contributed by atoms with Crippen LogP contribution >= 0.6 is 0 Å². The molecule has 0 aliphatic carbocycles. The van der Waals surface area contributed by atoms with Crippen LogP contribution < -0.4 is 20.1 Å². The molecular formula is C25H30N2O6. The van der Waals surface area contributed by atoms with E-state index in [0.29, 0.717) is 18.7 Å². The molecule has 33 heavy (non-hydrogen) atoms. The minimum Gasteiger partial charge on any atom is -0.497 e. The Morgan fingerprint density at radius 1 is 0.909 bits per heavy atom. The fourth-order valence-electron chi connectivity index (χ4n) is 2.80. The molecule has 0 spiro atoms. The first-order valence-electron chi connectivity index (χ1n) is 10.6. The van der Waals surface area contributed by atoms with Gasteiger partial charge < -0.3 is 24.8 Å². The normalized spacial score (nSPS) is 12.5. The summed E-state index contributed by atoms with van der Waals surface area (Å²) in [6, 6.07) is 13.8. The van der Waals surface area contributed by atoms with Gasteiger partial charge in [0, 0.05) is 12.6 Å². The maximum Gasteiger partial charge on any atom is 0.329 e. The van der Waals surface area contributed by atoms with Gasteiger partial charge in [-0.25, -0.2) is 4.79 Å². The molecule has 0 aliphatic heterocycles. The van der Waals surface area contributed by atoms with Crippen molar-refractivity contribution < 1.29 is 28.6 Å². The van der Waals surface area contributed by atoms with Crippen molar-refractivity contribution in [2.75, 3.05) is 20.8 Å². The molecule has 0 aliphatic rings. The highest BCUT2D eigenvalue weighted by Crippen LogP contribution is 2.12. The Hall–Kier alpha value is -3.81. The number of benzene rings is 2. The van der Waals surface area contributed by atoms with E-state index in [4.69, 9.17) is 14.2 Å². The minimum absolute atomic E-state index is 0.398. The highest BCUT2D eigenvalue weighted by molar-refractivity contribution is 5.95. The third-order valence-corrected chi connectivity index (χ3v) is 4.79. The van der Waals surface area contributed by atoms with Crippen LogP contribution in [0.2, 0.25) is 0 Å². The van der Waals surface area contributed by atoms with Crippen LogP contribution in [0.3, 0.4) is 0 Å².